The highest BCUT2D eigenvalue weighted by atomic mass is 35.5. The van der Waals surface area contributed by atoms with Crippen LogP contribution in [0.25, 0.3) is 5.76 Å². The van der Waals surface area contributed by atoms with Crippen LogP contribution in [0.4, 0.5) is 5.69 Å². The predicted octanol–water partition coefficient (Wildman–Crippen LogP) is 5.65. The molecular formula is C24H20ClNO4S. The molecule has 1 aliphatic heterocycles. The molecule has 0 saturated carbocycles. The van der Waals surface area contributed by atoms with Gasteiger partial charge in [0.15, 0.2) is 0 Å². The first-order valence-electron chi connectivity index (χ1n) is 9.59. The molecule has 0 bridgehead atoms. The number of ether oxygens (including phenoxy) is 1. The van der Waals surface area contributed by atoms with Gasteiger partial charge in [-0.05, 0) is 72.8 Å². The lowest BCUT2D eigenvalue weighted by Crippen LogP contribution is -2.29. The molecule has 158 valence electrons. The van der Waals surface area contributed by atoms with Crippen molar-refractivity contribution in [3.8, 4) is 5.75 Å². The third-order valence-electron chi connectivity index (χ3n) is 5.36. The largest absolute Gasteiger partial charge is 0.507 e. The molecule has 0 aliphatic carbocycles. The van der Waals surface area contributed by atoms with Gasteiger partial charge in [0.2, 0.25) is 0 Å². The fourth-order valence-corrected chi connectivity index (χ4v) is 4.91. The number of hydrogen-bond donors (Lipinski definition) is 1. The van der Waals surface area contributed by atoms with Crippen molar-refractivity contribution in [3.63, 3.8) is 0 Å². The van der Waals surface area contributed by atoms with Crippen LogP contribution in [0.15, 0.2) is 59.5 Å². The SMILES string of the molecule is COc1ccc(/C(O)=C2/C(=O)C(=O)N(c3ccc(Cl)cc3C)C2c2cccs2)c(C)c1. The monoisotopic (exact) mass is 453 g/mol. The Balaban J connectivity index is 1.94. The summed E-state index contributed by atoms with van der Waals surface area (Å²) in [6, 6.07) is 13.3. The van der Waals surface area contributed by atoms with Crippen molar-refractivity contribution in [2.24, 2.45) is 0 Å². The number of nitrogens with zero attached hydrogens (tertiary/aromatic N) is 1. The van der Waals surface area contributed by atoms with E-state index in [1.165, 1.54) is 16.2 Å². The summed E-state index contributed by atoms with van der Waals surface area (Å²) in [6.45, 7) is 3.65. The standard InChI is InChI=1S/C24H20ClNO4S/c1-13-12-16(30-3)7-8-17(13)22(27)20-21(19-5-4-10-31-19)26(24(29)23(20)28)18-9-6-15(25)11-14(18)2/h4-12,21,27H,1-3H3/b22-20-. The molecule has 0 spiro atoms. The summed E-state index contributed by atoms with van der Waals surface area (Å²) in [4.78, 5) is 28.6. The molecule has 1 atom stereocenters. The normalized spacial score (nSPS) is 17.9. The van der Waals surface area contributed by atoms with Crippen molar-refractivity contribution >= 4 is 46.1 Å². The number of Topliss-reactive ketones (excluding diaryl/α,β-unsaturated/α-hetero) is 1. The van der Waals surface area contributed by atoms with E-state index in [4.69, 9.17) is 16.3 Å². The number of anilines is 1. The molecule has 1 fully saturated rings. The first-order valence-corrected chi connectivity index (χ1v) is 10.8. The highest BCUT2D eigenvalue weighted by Gasteiger charge is 2.47. The predicted molar refractivity (Wildman–Crippen MR) is 123 cm³/mol. The number of hydrogen-bond acceptors (Lipinski definition) is 5. The zero-order valence-corrected chi connectivity index (χ0v) is 18.8. The maximum absolute atomic E-state index is 13.2. The van der Waals surface area contributed by atoms with Crippen LogP contribution in [0.2, 0.25) is 5.02 Å². The van der Waals surface area contributed by atoms with E-state index in [0.29, 0.717) is 22.0 Å². The van der Waals surface area contributed by atoms with E-state index in [-0.39, 0.29) is 11.3 Å². The van der Waals surface area contributed by atoms with Gasteiger partial charge in [0.05, 0.1) is 12.7 Å². The van der Waals surface area contributed by atoms with Gasteiger partial charge in [0.25, 0.3) is 11.7 Å². The average molecular weight is 454 g/mol. The van der Waals surface area contributed by atoms with Crippen molar-refractivity contribution in [1.82, 2.24) is 0 Å². The molecule has 0 radical (unpaired) electrons. The summed E-state index contributed by atoms with van der Waals surface area (Å²) in [5, 5.41) is 13.6. The number of carbonyl (C=O) groups excluding carboxylic acids is 2. The number of aliphatic hydroxyl groups is 1. The zero-order chi connectivity index (χ0) is 22.3. The van der Waals surface area contributed by atoms with Gasteiger partial charge in [0.1, 0.15) is 17.6 Å². The molecule has 1 unspecified atom stereocenters. The van der Waals surface area contributed by atoms with Gasteiger partial charge >= 0.3 is 0 Å². The van der Waals surface area contributed by atoms with Gasteiger partial charge < -0.3 is 9.84 Å². The first kappa shape index (κ1) is 21.2. The fourth-order valence-electron chi connectivity index (χ4n) is 3.86. The molecule has 1 aliphatic rings. The summed E-state index contributed by atoms with van der Waals surface area (Å²) in [6.07, 6.45) is 0. The Bertz CT molecular complexity index is 1220. The van der Waals surface area contributed by atoms with E-state index in [9.17, 15) is 14.7 Å². The Morgan fingerprint density at radius 2 is 1.87 bits per heavy atom. The topological polar surface area (TPSA) is 66.8 Å². The molecule has 31 heavy (non-hydrogen) atoms. The van der Waals surface area contributed by atoms with Crippen LogP contribution in [0.5, 0.6) is 5.75 Å². The summed E-state index contributed by atoms with van der Waals surface area (Å²) in [5.41, 5.74) is 2.62. The minimum atomic E-state index is -0.735. The van der Waals surface area contributed by atoms with Crippen LogP contribution in [-0.2, 0) is 9.59 Å². The van der Waals surface area contributed by atoms with Crippen LogP contribution in [0.3, 0.4) is 0 Å². The summed E-state index contributed by atoms with van der Waals surface area (Å²) >= 11 is 7.52. The van der Waals surface area contributed by atoms with Crippen molar-refractivity contribution in [2.45, 2.75) is 19.9 Å². The second-order valence-corrected chi connectivity index (χ2v) is 8.71. The lowest BCUT2D eigenvalue weighted by molar-refractivity contribution is -0.132. The number of methoxy groups -OCH3 is 1. The first-order chi connectivity index (χ1) is 14.8. The van der Waals surface area contributed by atoms with Gasteiger partial charge in [0, 0.05) is 21.2 Å². The summed E-state index contributed by atoms with van der Waals surface area (Å²) in [7, 11) is 1.56. The Kier molecular flexibility index (Phi) is 5.60. The summed E-state index contributed by atoms with van der Waals surface area (Å²) < 4.78 is 5.24. The van der Waals surface area contributed by atoms with Crippen molar-refractivity contribution in [1.29, 1.82) is 0 Å². The molecular weight excluding hydrogens is 434 g/mol. The molecule has 7 heteroatoms. The smallest absolute Gasteiger partial charge is 0.300 e. The summed E-state index contributed by atoms with van der Waals surface area (Å²) in [5.74, 6) is -0.968. The maximum Gasteiger partial charge on any atom is 0.300 e. The van der Waals surface area contributed by atoms with Crippen molar-refractivity contribution in [3.05, 3.63) is 86.1 Å². The molecule has 1 N–H and O–H groups in total. The number of halogens is 1. The van der Waals surface area contributed by atoms with E-state index >= 15 is 0 Å². The lowest BCUT2D eigenvalue weighted by atomic mass is 9.97. The number of amides is 1. The number of rotatable bonds is 4. The van der Waals surface area contributed by atoms with Gasteiger partial charge in [-0.1, -0.05) is 17.7 Å². The van der Waals surface area contributed by atoms with E-state index in [1.807, 2.05) is 31.4 Å². The van der Waals surface area contributed by atoms with Crippen LogP contribution < -0.4 is 9.64 Å². The van der Waals surface area contributed by atoms with E-state index < -0.39 is 17.7 Å². The molecule has 2 aromatic carbocycles. The minimum Gasteiger partial charge on any atom is -0.507 e. The Morgan fingerprint density at radius 3 is 2.48 bits per heavy atom. The number of benzene rings is 2. The fraction of sp³-hybridized carbons (Fsp3) is 0.167. The zero-order valence-electron chi connectivity index (χ0n) is 17.2. The van der Waals surface area contributed by atoms with Crippen LogP contribution in [0, 0.1) is 13.8 Å². The maximum atomic E-state index is 13.2. The Labute approximate surface area is 189 Å². The number of aliphatic hydroxyl groups excluding tert-OH is 1. The minimum absolute atomic E-state index is 0.0649. The Morgan fingerprint density at radius 1 is 1.10 bits per heavy atom. The molecule has 1 amide bonds. The second-order valence-electron chi connectivity index (χ2n) is 7.30. The average Bonchev–Trinajstić information content (AvgIpc) is 3.35. The number of ketones is 1. The van der Waals surface area contributed by atoms with Crippen LogP contribution in [0.1, 0.15) is 27.6 Å². The third kappa shape index (κ3) is 3.62. The second kappa shape index (κ2) is 8.21. The number of thiophene rings is 1. The molecule has 3 aromatic rings. The number of carbonyl (C=O) groups is 2. The van der Waals surface area contributed by atoms with Crippen LogP contribution in [-0.4, -0.2) is 23.9 Å². The van der Waals surface area contributed by atoms with E-state index in [1.54, 1.807) is 43.5 Å². The van der Waals surface area contributed by atoms with Gasteiger partial charge in [-0.15, -0.1) is 11.3 Å². The molecule has 2 heterocycles. The molecule has 1 saturated heterocycles. The molecule has 1 aromatic heterocycles. The van der Waals surface area contributed by atoms with Gasteiger partial charge in [-0.3, -0.25) is 14.5 Å². The highest BCUT2D eigenvalue weighted by Crippen LogP contribution is 2.45. The van der Waals surface area contributed by atoms with Gasteiger partial charge in [-0.2, -0.15) is 0 Å². The Hall–Kier alpha value is -3.09. The van der Waals surface area contributed by atoms with Crippen molar-refractivity contribution in [2.75, 3.05) is 12.0 Å². The molecule has 4 rings (SSSR count). The molecule has 5 nitrogen and oxygen atoms in total. The van der Waals surface area contributed by atoms with Crippen LogP contribution >= 0.6 is 22.9 Å². The van der Waals surface area contributed by atoms with Crippen molar-refractivity contribution < 1.29 is 19.4 Å². The highest BCUT2D eigenvalue weighted by molar-refractivity contribution is 7.10. The quantitative estimate of drug-likeness (QED) is 0.315. The van der Waals surface area contributed by atoms with Gasteiger partial charge in [-0.25, -0.2) is 0 Å². The lowest BCUT2D eigenvalue weighted by Gasteiger charge is -2.26. The number of aryl methyl sites for hydroxylation is 2. The van der Waals surface area contributed by atoms with E-state index in [2.05, 4.69) is 0 Å². The third-order valence-corrected chi connectivity index (χ3v) is 6.52. The van der Waals surface area contributed by atoms with E-state index in [0.717, 1.165) is 16.0 Å².